The van der Waals surface area contributed by atoms with Gasteiger partial charge >= 0.3 is 0 Å². The molecule has 1 aromatic carbocycles. The van der Waals surface area contributed by atoms with Crippen molar-refractivity contribution in [1.29, 1.82) is 0 Å². The summed E-state index contributed by atoms with van der Waals surface area (Å²) in [7, 11) is 2.17. The maximum absolute atomic E-state index is 5.84. The van der Waals surface area contributed by atoms with E-state index in [1.54, 1.807) is 0 Å². The van der Waals surface area contributed by atoms with Gasteiger partial charge in [-0.3, -0.25) is 0 Å². The second kappa shape index (κ2) is 6.21. The molecule has 0 unspecified atom stereocenters. The predicted octanol–water partition coefficient (Wildman–Crippen LogP) is 2.32. The Hall–Kier alpha value is -1.06. The molecule has 0 aromatic heterocycles. The summed E-state index contributed by atoms with van der Waals surface area (Å²) >= 11 is 0. The molecule has 3 nitrogen and oxygen atoms in total. The molecule has 0 radical (unpaired) electrons. The molecule has 0 amide bonds. The van der Waals surface area contributed by atoms with Gasteiger partial charge in [0.05, 0.1) is 0 Å². The molecule has 3 heteroatoms. The molecule has 2 rings (SSSR count). The normalized spacial score (nSPS) is 16.8. The summed E-state index contributed by atoms with van der Waals surface area (Å²) in [6.45, 7) is 5.64. The first-order valence-corrected chi connectivity index (χ1v) is 6.79. The van der Waals surface area contributed by atoms with Gasteiger partial charge in [0.25, 0.3) is 0 Å². The lowest BCUT2D eigenvalue weighted by Crippen LogP contribution is -2.30. The Labute approximate surface area is 110 Å². The van der Waals surface area contributed by atoms with Crippen LogP contribution in [0.25, 0.3) is 0 Å². The third-order valence-corrected chi connectivity index (χ3v) is 3.74. The molecular weight excluding hydrogens is 224 g/mol. The lowest BCUT2D eigenvalue weighted by molar-refractivity contribution is 0.0685. The van der Waals surface area contributed by atoms with Crippen LogP contribution in [0.1, 0.15) is 24.0 Å². The molecule has 0 saturated carbocycles. The van der Waals surface area contributed by atoms with Crippen LogP contribution in [-0.2, 0) is 11.3 Å². The van der Waals surface area contributed by atoms with Crippen LogP contribution < -0.4 is 10.6 Å². The van der Waals surface area contributed by atoms with Gasteiger partial charge in [0, 0.05) is 39.0 Å². The first-order valence-electron chi connectivity index (χ1n) is 6.79. The van der Waals surface area contributed by atoms with E-state index in [4.69, 9.17) is 10.5 Å². The van der Waals surface area contributed by atoms with E-state index in [-0.39, 0.29) is 0 Å². The lowest BCUT2D eigenvalue weighted by atomic mass is 9.99. The van der Waals surface area contributed by atoms with Crippen molar-refractivity contribution in [3.63, 3.8) is 0 Å². The van der Waals surface area contributed by atoms with Gasteiger partial charge in [0.15, 0.2) is 0 Å². The summed E-state index contributed by atoms with van der Waals surface area (Å²) in [4.78, 5) is 2.34. The molecule has 1 saturated heterocycles. The van der Waals surface area contributed by atoms with Crippen LogP contribution in [0.2, 0.25) is 0 Å². The quantitative estimate of drug-likeness (QED) is 0.888. The van der Waals surface area contributed by atoms with Crippen LogP contribution in [0.4, 0.5) is 5.69 Å². The van der Waals surface area contributed by atoms with Crippen LogP contribution in [0.15, 0.2) is 18.2 Å². The van der Waals surface area contributed by atoms with E-state index in [0.29, 0.717) is 6.54 Å². The molecule has 0 aliphatic carbocycles. The first-order chi connectivity index (χ1) is 8.70. The van der Waals surface area contributed by atoms with Gasteiger partial charge in [-0.05, 0) is 37.3 Å². The largest absolute Gasteiger partial charge is 0.381 e. The van der Waals surface area contributed by atoms with Crippen molar-refractivity contribution in [3.8, 4) is 0 Å². The zero-order valence-electron chi connectivity index (χ0n) is 11.5. The molecular formula is C15H24N2O. The Morgan fingerprint density at radius 1 is 1.33 bits per heavy atom. The van der Waals surface area contributed by atoms with Crippen molar-refractivity contribution in [2.24, 2.45) is 11.7 Å². The number of benzene rings is 1. The molecule has 1 aliphatic heterocycles. The summed E-state index contributed by atoms with van der Waals surface area (Å²) in [6, 6.07) is 6.54. The second-order valence-electron chi connectivity index (χ2n) is 5.27. The van der Waals surface area contributed by atoms with Gasteiger partial charge in [-0.25, -0.2) is 0 Å². The van der Waals surface area contributed by atoms with Crippen molar-refractivity contribution < 1.29 is 4.74 Å². The third kappa shape index (κ3) is 3.24. The van der Waals surface area contributed by atoms with Gasteiger partial charge in [0.2, 0.25) is 0 Å². The highest BCUT2D eigenvalue weighted by molar-refractivity contribution is 5.54. The number of aryl methyl sites for hydroxylation is 1. The average Bonchev–Trinajstić information content (AvgIpc) is 2.39. The predicted molar refractivity (Wildman–Crippen MR) is 75.9 cm³/mol. The maximum Gasteiger partial charge on any atom is 0.0469 e. The topological polar surface area (TPSA) is 38.5 Å². The minimum Gasteiger partial charge on any atom is -0.381 e. The fourth-order valence-electron chi connectivity index (χ4n) is 2.66. The molecule has 2 N–H and O–H groups in total. The van der Waals surface area contributed by atoms with E-state index < -0.39 is 0 Å². The van der Waals surface area contributed by atoms with E-state index in [0.717, 1.165) is 25.7 Å². The van der Waals surface area contributed by atoms with Crippen LogP contribution in [0.3, 0.4) is 0 Å². The molecule has 1 aliphatic rings. The smallest absolute Gasteiger partial charge is 0.0469 e. The number of anilines is 1. The number of hydrogen-bond acceptors (Lipinski definition) is 3. The van der Waals surface area contributed by atoms with Crippen LogP contribution in [-0.4, -0.2) is 26.8 Å². The van der Waals surface area contributed by atoms with E-state index >= 15 is 0 Å². The number of ether oxygens (including phenoxy) is 1. The van der Waals surface area contributed by atoms with Crippen molar-refractivity contribution in [2.45, 2.75) is 26.3 Å². The minimum absolute atomic E-state index is 0.606. The Bertz CT molecular complexity index is 386. The zero-order chi connectivity index (χ0) is 13.0. The van der Waals surface area contributed by atoms with Gasteiger partial charge in [-0.1, -0.05) is 17.7 Å². The Kier molecular flexibility index (Phi) is 4.61. The van der Waals surface area contributed by atoms with Crippen LogP contribution in [0, 0.1) is 12.8 Å². The molecule has 1 aromatic rings. The van der Waals surface area contributed by atoms with Crippen molar-refractivity contribution in [2.75, 3.05) is 31.7 Å². The number of nitrogens with zero attached hydrogens (tertiary/aromatic N) is 1. The molecule has 100 valence electrons. The SMILES string of the molecule is Cc1ccc(N(C)CC2CCOCC2)c(CN)c1. The van der Waals surface area contributed by atoms with Crippen molar-refractivity contribution >= 4 is 5.69 Å². The highest BCUT2D eigenvalue weighted by Crippen LogP contribution is 2.24. The zero-order valence-corrected chi connectivity index (χ0v) is 11.5. The van der Waals surface area contributed by atoms with E-state index in [2.05, 4.69) is 37.1 Å². The summed E-state index contributed by atoms with van der Waals surface area (Å²) in [6.07, 6.45) is 2.35. The van der Waals surface area contributed by atoms with E-state index in [1.807, 2.05) is 0 Å². The van der Waals surface area contributed by atoms with Crippen LogP contribution >= 0.6 is 0 Å². The highest BCUT2D eigenvalue weighted by atomic mass is 16.5. The van der Waals surface area contributed by atoms with Gasteiger partial charge in [-0.2, -0.15) is 0 Å². The summed E-state index contributed by atoms with van der Waals surface area (Å²) in [5.41, 5.74) is 9.63. The molecule has 1 fully saturated rings. The van der Waals surface area contributed by atoms with Gasteiger partial charge in [-0.15, -0.1) is 0 Å². The minimum atomic E-state index is 0.606. The molecule has 1 heterocycles. The number of nitrogens with two attached hydrogens (primary N) is 1. The highest BCUT2D eigenvalue weighted by Gasteiger charge is 2.17. The first kappa shape index (κ1) is 13.4. The summed E-state index contributed by atoms with van der Waals surface area (Å²) in [5.74, 6) is 0.746. The average molecular weight is 248 g/mol. The number of hydrogen-bond donors (Lipinski definition) is 1. The Morgan fingerprint density at radius 2 is 2.06 bits per heavy atom. The molecule has 0 bridgehead atoms. The second-order valence-corrected chi connectivity index (χ2v) is 5.27. The fraction of sp³-hybridized carbons (Fsp3) is 0.600. The van der Waals surface area contributed by atoms with Crippen LogP contribution in [0.5, 0.6) is 0 Å². The maximum atomic E-state index is 5.84. The van der Waals surface area contributed by atoms with Gasteiger partial charge < -0.3 is 15.4 Å². The lowest BCUT2D eigenvalue weighted by Gasteiger charge is -2.29. The summed E-state index contributed by atoms with van der Waals surface area (Å²) < 4.78 is 5.41. The summed E-state index contributed by atoms with van der Waals surface area (Å²) in [5, 5.41) is 0. The van der Waals surface area contributed by atoms with Gasteiger partial charge in [0.1, 0.15) is 0 Å². The van der Waals surface area contributed by atoms with Crippen molar-refractivity contribution in [1.82, 2.24) is 0 Å². The molecule has 0 spiro atoms. The monoisotopic (exact) mass is 248 g/mol. The molecule has 0 atom stereocenters. The molecule has 18 heavy (non-hydrogen) atoms. The Balaban J connectivity index is 2.05. The third-order valence-electron chi connectivity index (χ3n) is 3.74. The Morgan fingerprint density at radius 3 is 2.72 bits per heavy atom. The van der Waals surface area contributed by atoms with E-state index in [9.17, 15) is 0 Å². The number of rotatable bonds is 4. The fourth-order valence-corrected chi connectivity index (χ4v) is 2.66. The van der Waals surface area contributed by atoms with E-state index in [1.165, 1.54) is 29.7 Å². The standard InChI is InChI=1S/C15H24N2O/c1-12-3-4-15(14(9-12)10-16)17(2)11-13-5-7-18-8-6-13/h3-4,9,13H,5-8,10-11,16H2,1-2H3. The van der Waals surface area contributed by atoms with Crippen molar-refractivity contribution in [3.05, 3.63) is 29.3 Å².